The Morgan fingerprint density at radius 3 is 2.17 bits per heavy atom. The summed E-state index contributed by atoms with van der Waals surface area (Å²) in [5.41, 5.74) is 2.64. The maximum Gasteiger partial charge on any atom is 0.264 e. The Bertz CT molecular complexity index is 1750. The number of nitrogens with one attached hydrogen (secondary N) is 1. The summed E-state index contributed by atoms with van der Waals surface area (Å²) >= 11 is 3.46. The molecule has 0 saturated heterocycles. The highest BCUT2D eigenvalue weighted by molar-refractivity contribution is 9.10. The number of carbonyl (C=O) groups excluding carboxylic acids is 2. The van der Waals surface area contributed by atoms with Crippen molar-refractivity contribution in [3.05, 3.63) is 118 Å². The van der Waals surface area contributed by atoms with Crippen LogP contribution in [0.2, 0.25) is 0 Å². The summed E-state index contributed by atoms with van der Waals surface area (Å²) in [7, 11) is -1.41. The predicted molar refractivity (Wildman–Crippen MR) is 187 cm³/mol. The molecular weight excluding hydrogens is 682 g/mol. The summed E-state index contributed by atoms with van der Waals surface area (Å²) in [6.07, 6.45) is 0.939. The molecule has 0 unspecified atom stereocenters. The minimum absolute atomic E-state index is 0.00163. The SMILES string of the molecule is CCCNC(=O)[C@@H](Cc1ccccc1)N(Cc1ccc(Br)cc1)C(=O)CN(c1cc(OC)ccc1OC)S(=O)(=O)c1ccc(C)cc1. The summed E-state index contributed by atoms with van der Waals surface area (Å²) in [5, 5.41) is 2.95. The van der Waals surface area contributed by atoms with Gasteiger partial charge in [-0.25, -0.2) is 8.42 Å². The number of amides is 2. The van der Waals surface area contributed by atoms with Crippen molar-refractivity contribution < 1.29 is 27.5 Å². The first-order valence-electron chi connectivity index (χ1n) is 15.2. The zero-order chi connectivity index (χ0) is 34.0. The zero-order valence-corrected chi connectivity index (χ0v) is 29.4. The number of sulfonamides is 1. The number of rotatable bonds is 15. The lowest BCUT2D eigenvalue weighted by atomic mass is 10.0. The zero-order valence-electron chi connectivity index (χ0n) is 27.0. The van der Waals surface area contributed by atoms with Crippen molar-refractivity contribution in [2.45, 2.75) is 44.2 Å². The Morgan fingerprint density at radius 1 is 0.872 bits per heavy atom. The van der Waals surface area contributed by atoms with Crippen LogP contribution in [-0.4, -0.2) is 58.5 Å². The number of nitrogens with zero attached hydrogens (tertiary/aromatic N) is 2. The Morgan fingerprint density at radius 2 is 1.55 bits per heavy atom. The van der Waals surface area contributed by atoms with Gasteiger partial charge >= 0.3 is 0 Å². The first-order chi connectivity index (χ1) is 22.6. The van der Waals surface area contributed by atoms with Gasteiger partial charge in [-0.1, -0.05) is 83.0 Å². The molecule has 0 heterocycles. The number of hydrogen-bond donors (Lipinski definition) is 1. The summed E-state index contributed by atoms with van der Waals surface area (Å²) < 4.78 is 41.6. The van der Waals surface area contributed by atoms with Gasteiger partial charge in [-0.2, -0.15) is 0 Å². The molecule has 4 aromatic carbocycles. The Hall–Kier alpha value is -4.35. The number of anilines is 1. The van der Waals surface area contributed by atoms with E-state index < -0.39 is 28.5 Å². The lowest BCUT2D eigenvalue weighted by Gasteiger charge is -2.34. The van der Waals surface area contributed by atoms with Crippen molar-refractivity contribution in [2.24, 2.45) is 0 Å². The van der Waals surface area contributed by atoms with Crippen molar-refractivity contribution in [3.63, 3.8) is 0 Å². The number of aryl methyl sites for hydroxylation is 1. The van der Waals surface area contributed by atoms with Crippen molar-refractivity contribution in [2.75, 3.05) is 31.6 Å². The minimum Gasteiger partial charge on any atom is -0.497 e. The molecule has 1 atom stereocenters. The summed E-state index contributed by atoms with van der Waals surface area (Å²) in [4.78, 5) is 29.9. The van der Waals surface area contributed by atoms with Crippen molar-refractivity contribution in [1.82, 2.24) is 10.2 Å². The molecule has 0 radical (unpaired) electrons. The second-order valence-corrected chi connectivity index (χ2v) is 13.8. The monoisotopic (exact) mass is 721 g/mol. The quantitative estimate of drug-likeness (QED) is 0.158. The lowest BCUT2D eigenvalue weighted by molar-refractivity contribution is -0.140. The van der Waals surface area contributed by atoms with Crippen molar-refractivity contribution >= 4 is 43.5 Å². The predicted octanol–water partition coefficient (Wildman–Crippen LogP) is 6.14. The van der Waals surface area contributed by atoms with Crippen LogP contribution in [0.15, 0.2) is 106 Å². The van der Waals surface area contributed by atoms with Gasteiger partial charge in [0.15, 0.2) is 0 Å². The molecule has 248 valence electrons. The maximum atomic E-state index is 14.7. The van der Waals surface area contributed by atoms with Crippen LogP contribution in [0.3, 0.4) is 0 Å². The van der Waals surface area contributed by atoms with Crippen molar-refractivity contribution in [1.29, 1.82) is 0 Å². The van der Waals surface area contributed by atoms with E-state index in [1.54, 1.807) is 24.3 Å². The number of methoxy groups -OCH3 is 2. The van der Waals surface area contributed by atoms with Gasteiger partial charge in [0.1, 0.15) is 24.1 Å². The third-order valence-electron chi connectivity index (χ3n) is 7.63. The molecule has 0 spiro atoms. The van der Waals surface area contributed by atoms with E-state index in [2.05, 4.69) is 21.2 Å². The molecule has 9 nitrogen and oxygen atoms in total. The van der Waals surface area contributed by atoms with Crippen LogP contribution >= 0.6 is 15.9 Å². The first-order valence-corrected chi connectivity index (χ1v) is 17.5. The highest BCUT2D eigenvalue weighted by Gasteiger charge is 2.35. The minimum atomic E-state index is -4.31. The normalized spacial score (nSPS) is 11.8. The molecule has 0 saturated carbocycles. The third-order valence-corrected chi connectivity index (χ3v) is 9.93. The molecule has 0 bridgehead atoms. The Labute approximate surface area is 285 Å². The second kappa shape index (κ2) is 16.5. The topological polar surface area (TPSA) is 105 Å². The molecule has 0 aromatic heterocycles. The van der Waals surface area contributed by atoms with Crippen LogP contribution in [-0.2, 0) is 32.6 Å². The first kappa shape index (κ1) is 35.5. The van der Waals surface area contributed by atoms with E-state index in [1.807, 2.05) is 68.4 Å². The van der Waals surface area contributed by atoms with E-state index in [9.17, 15) is 18.0 Å². The van der Waals surface area contributed by atoms with E-state index in [1.165, 1.54) is 37.3 Å². The van der Waals surface area contributed by atoms with E-state index in [4.69, 9.17) is 9.47 Å². The molecule has 47 heavy (non-hydrogen) atoms. The maximum absolute atomic E-state index is 14.7. The molecule has 0 aliphatic carbocycles. The molecule has 0 fully saturated rings. The number of hydrogen-bond acceptors (Lipinski definition) is 6. The van der Waals surface area contributed by atoms with Gasteiger partial charge in [0.25, 0.3) is 10.0 Å². The smallest absolute Gasteiger partial charge is 0.264 e. The number of ether oxygens (including phenoxy) is 2. The molecule has 0 aliphatic rings. The van der Waals surface area contributed by atoms with E-state index in [0.29, 0.717) is 18.7 Å². The summed E-state index contributed by atoms with van der Waals surface area (Å²) in [5.74, 6) is -0.283. The van der Waals surface area contributed by atoms with Crippen LogP contribution in [0.25, 0.3) is 0 Å². The second-order valence-electron chi connectivity index (χ2n) is 11.0. The van der Waals surface area contributed by atoms with Gasteiger partial charge in [0.2, 0.25) is 11.8 Å². The molecular formula is C36H40BrN3O6S. The third kappa shape index (κ3) is 9.14. The van der Waals surface area contributed by atoms with Crippen LogP contribution < -0.4 is 19.1 Å². The van der Waals surface area contributed by atoms with Crippen LogP contribution in [0.4, 0.5) is 5.69 Å². The van der Waals surface area contributed by atoms with E-state index in [0.717, 1.165) is 25.5 Å². The molecule has 11 heteroatoms. The molecule has 1 N–H and O–H groups in total. The summed E-state index contributed by atoms with van der Waals surface area (Å²) in [6.45, 7) is 3.70. The van der Waals surface area contributed by atoms with Gasteiger partial charge < -0.3 is 19.7 Å². The molecule has 4 rings (SSSR count). The average molecular weight is 723 g/mol. The standard InChI is InChI=1S/C36H40BrN3O6S/c1-5-21-38-36(42)33(22-27-9-7-6-8-10-27)39(24-28-13-15-29(37)16-14-28)35(41)25-40(32-23-30(45-3)17-20-34(32)46-4)47(43,44)31-18-11-26(2)12-19-31/h6-20,23,33H,5,21-22,24-25H2,1-4H3,(H,38,42)/t33-/m1/s1. The Balaban J connectivity index is 1.85. The summed E-state index contributed by atoms with van der Waals surface area (Å²) in [6, 6.07) is 27.1. The van der Waals surface area contributed by atoms with E-state index in [-0.39, 0.29) is 35.2 Å². The average Bonchev–Trinajstić information content (AvgIpc) is 3.08. The van der Waals surface area contributed by atoms with Crippen LogP contribution in [0.1, 0.15) is 30.0 Å². The van der Waals surface area contributed by atoms with Gasteiger partial charge in [0, 0.05) is 30.0 Å². The fourth-order valence-electron chi connectivity index (χ4n) is 5.05. The molecule has 0 aliphatic heterocycles. The fraction of sp³-hybridized carbons (Fsp3) is 0.278. The highest BCUT2D eigenvalue weighted by atomic mass is 79.9. The van der Waals surface area contributed by atoms with Gasteiger partial charge in [-0.05, 0) is 60.9 Å². The largest absolute Gasteiger partial charge is 0.497 e. The lowest BCUT2D eigenvalue weighted by Crippen LogP contribution is -2.53. The van der Waals surface area contributed by atoms with Gasteiger partial charge in [0.05, 0.1) is 24.8 Å². The van der Waals surface area contributed by atoms with Gasteiger partial charge in [-0.15, -0.1) is 0 Å². The number of benzene rings is 4. The number of halogens is 1. The fourth-order valence-corrected chi connectivity index (χ4v) is 6.73. The van der Waals surface area contributed by atoms with Crippen LogP contribution in [0.5, 0.6) is 11.5 Å². The van der Waals surface area contributed by atoms with Crippen molar-refractivity contribution in [3.8, 4) is 11.5 Å². The van der Waals surface area contributed by atoms with Crippen LogP contribution in [0, 0.1) is 6.92 Å². The molecule has 2 amide bonds. The molecule has 4 aromatic rings. The highest BCUT2D eigenvalue weighted by Crippen LogP contribution is 2.36. The van der Waals surface area contributed by atoms with Gasteiger partial charge in [-0.3, -0.25) is 13.9 Å². The number of carbonyl (C=O) groups is 2. The Kier molecular flexibility index (Phi) is 12.4. The van der Waals surface area contributed by atoms with E-state index >= 15 is 0 Å².